The molecule has 0 fully saturated rings. The van der Waals surface area contributed by atoms with Gasteiger partial charge in [0.25, 0.3) is 0 Å². The average molecular weight is 324 g/mol. The molecule has 0 aliphatic carbocycles. The Balaban J connectivity index is 0.00000242. The van der Waals surface area contributed by atoms with E-state index in [-0.39, 0.29) is 23.7 Å². The number of para-hydroxylation sites is 1. The van der Waals surface area contributed by atoms with Crippen LogP contribution in [-0.2, 0) is 11.2 Å². The van der Waals surface area contributed by atoms with E-state index in [1.807, 2.05) is 27.0 Å². The van der Waals surface area contributed by atoms with Crippen LogP contribution in [0.2, 0.25) is 0 Å². The molecular weight excluding hydrogens is 298 g/mol. The fraction of sp³-hybridized carbons (Fsp3) is 0.471. The summed E-state index contributed by atoms with van der Waals surface area (Å²) in [5.74, 6) is -0.0847. The number of benzene rings is 1. The van der Waals surface area contributed by atoms with Crippen molar-refractivity contribution in [1.29, 1.82) is 0 Å². The van der Waals surface area contributed by atoms with Gasteiger partial charge in [0.1, 0.15) is 0 Å². The number of hydrogen-bond donors (Lipinski definition) is 3. The van der Waals surface area contributed by atoms with Crippen molar-refractivity contribution in [2.75, 3.05) is 6.54 Å². The van der Waals surface area contributed by atoms with Crippen molar-refractivity contribution in [2.45, 2.75) is 40.2 Å². The van der Waals surface area contributed by atoms with Crippen molar-refractivity contribution in [3.05, 3.63) is 35.5 Å². The van der Waals surface area contributed by atoms with Crippen molar-refractivity contribution < 1.29 is 4.79 Å². The van der Waals surface area contributed by atoms with Crippen LogP contribution in [0.4, 0.5) is 0 Å². The number of aromatic nitrogens is 1. The molecule has 1 atom stereocenters. The molecule has 1 amide bonds. The number of carbonyl (C=O) groups excluding carboxylic acids is 1. The van der Waals surface area contributed by atoms with Gasteiger partial charge in [-0.15, -0.1) is 12.4 Å². The van der Waals surface area contributed by atoms with Gasteiger partial charge < -0.3 is 16.0 Å². The summed E-state index contributed by atoms with van der Waals surface area (Å²) in [4.78, 5) is 15.3. The lowest BCUT2D eigenvalue weighted by Crippen LogP contribution is -2.48. The molecule has 122 valence electrons. The monoisotopic (exact) mass is 323 g/mol. The van der Waals surface area contributed by atoms with Crippen molar-refractivity contribution >= 4 is 29.2 Å². The Morgan fingerprint density at radius 3 is 2.68 bits per heavy atom. The van der Waals surface area contributed by atoms with Gasteiger partial charge in [-0.2, -0.15) is 0 Å². The summed E-state index contributed by atoms with van der Waals surface area (Å²) in [6, 6.07) is 5.77. The number of amides is 1. The third kappa shape index (κ3) is 4.02. The molecule has 0 aliphatic rings. The number of aryl methyl sites for hydroxylation is 1. The highest BCUT2D eigenvalue weighted by Gasteiger charge is 2.26. The Hall–Kier alpha value is -1.52. The predicted octanol–water partition coefficient (Wildman–Crippen LogP) is 2.93. The van der Waals surface area contributed by atoms with Gasteiger partial charge in [0.15, 0.2) is 0 Å². The molecule has 0 spiro atoms. The number of carbonyl (C=O) groups is 1. The van der Waals surface area contributed by atoms with E-state index in [4.69, 9.17) is 5.73 Å². The van der Waals surface area contributed by atoms with E-state index in [2.05, 4.69) is 35.4 Å². The summed E-state index contributed by atoms with van der Waals surface area (Å²) in [7, 11) is 0. The molecular formula is C17H26ClN3O. The minimum Gasteiger partial charge on any atom is -0.361 e. The van der Waals surface area contributed by atoms with Crippen LogP contribution in [0.1, 0.15) is 31.9 Å². The highest BCUT2D eigenvalue weighted by atomic mass is 35.5. The number of aromatic amines is 1. The summed E-state index contributed by atoms with van der Waals surface area (Å²) in [6.07, 6.45) is 2.82. The molecule has 4 N–H and O–H groups in total. The van der Waals surface area contributed by atoms with Gasteiger partial charge in [0.2, 0.25) is 5.91 Å². The number of H-pyrrole nitrogens is 1. The first-order chi connectivity index (χ1) is 9.80. The lowest BCUT2D eigenvalue weighted by atomic mass is 9.87. The molecule has 1 aromatic heterocycles. The van der Waals surface area contributed by atoms with Gasteiger partial charge in [0.05, 0.1) is 6.04 Å². The van der Waals surface area contributed by atoms with Crippen LogP contribution in [-0.4, -0.2) is 23.5 Å². The minimum absolute atomic E-state index is 0. The summed E-state index contributed by atoms with van der Waals surface area (Å²) in [5.41, 5.74) is 9.35. The predicted molar refractivity (Wildman–Crippen MR) is 94.4 cm³/mol. The second kappa shape index (κ2) is 7.16. The molecule has 5 heteroatoms. The van der Waals surface area contributed by atoms with Gasteiger partial charge in [0, 0.05) is 23.6 Å². The topological polar surface area (TPSA) is 70.9 Å². The molecule has 0 bridgehead atoms. The van der Waals surface area contributed by atoms with Gasteiger partial charge in [-0.1, -0.05) is 39.0 Å². The van der Waals surface area contributed by atoms with E-state index in [1.165, 1.54) is 22.0 Å². The molecule has 0 saturated carbocycles. The molecule has 1 heterocycles. The maximum Gasteiger partial charge on any atom is 0.237 e. The van der Waals surface area contributed by atoms with Gasteiger partial charge in [-0.25, -0.2) is 0 Å². The SMILES string of the molecule is Cc1cccc2c(CCNC(=O)[C@@H](N)C(C)(C)C)c[nH]c12.Cl. The van der Waals surface area contributed by atoms with E-state index >= 15 is 0 Å². The first-order valence-corrected chi connectivity index (χ1v) is 7.39. The zero-order chi connectivity index (χ0) is 15.6. The fourth-order valence-corrected chi connectivity index (χ4v) is 2.39. The molecule has 2 rings (SSSR count). The van der Waals surface area contributed by atoms with Crippen molar-refractivity contribution in [3.63, 3.8) is 0 Å². The van der Waals surface area contributed by atoms with Crippen LogP contribution in [0.25, 0.3) is 10.9 Å². The molecule has 1 aromatic carbocycles. The van der Waals surface area contributed by atoms with Crippen molar-refractivity contribution in [1.82, 2.24) is 10.3 Å². The Morgan fingerprint density at radius 1 is 1.36 bits per heavy atom. The van der Waals surface area contributed by atoms with Gasteiger partial charge >= 0.3 is 0 Å². The van der Waals surface area contributed by atoms with Crippen LogP contribution in [0.3, 0.4) is 0 Å². The standard InChI is InChI=1S/C17H25N3O.ClH/c1-11-6-5-7-13-12(10-20-14(11)13)8-9-19-16(21)15(18)17(2,3)4;/h5-7,10,15,20H,8-9,18H2,1-4H3,(H,19,21);1H/t15-;/m1./s1. The van der Waals surface area contributed by atoms with Crippen molar-refractivity contribution in [3.8, 4) is 0 Å². The normalized spacial score (nSPS) is 12.8. The first-order valence-electron chi connectivity index (χ1n) is 7.39. The summed E-state index contributed by atoms with van der Waals surface area (Å²) in [6.45, 7) is 8.61. The van der Waals surface area contributed by atoms with E-state index in [0.717, 1.165) is 6.42 Å². The van der Waals surface area contributed by atoms with Gasteiger partial charge in [-0.3, -0.25) is 4.79 Å². The number of fused-ring (bicyclic) bond motifs is 1. The van der Waals surface area contributed by atoms with Gasteiger partial charge in [-0.05, 0) is 29.9 Å². The maximum atomic E-state index is 12.0. The highest BCUT2D eigenvalue weighted by Crippen LogP contribution is 2.21. The molecule has 4 nitrogen and oxygen atoms in total. The largest absolute Gasteiger partial charge is 0.361 e. The number of nitrogens with one attached hydrogen (secondary N) is 2. The number of hydrogen-bond acceptors (Lipinski definition) is 2. The molecule has 0 unspecified atom stereocenters. The van der Waals surface area contributed by atoms with Crippen LogP contribution in [0.15, 0.2) is 24.4 Å². The Bertz CT molecular complexity index is 643. The molecule has 22 heavy (non-hydrogen) atoms. The lowest BCUT2D eigenvalue weighted by molar-refractivity contribution is -0.124. The van der Waals surface area contributed by atoms with Crippen LogP contribution >= 0.6 is 12.4 Å². The smallest absolute Gasteiger partial charge is 0.237 e. The lowest BCUT2D eigenvalue weighted by Gasteiger charge is -2.25. The fourth-order valence-electron chi connectivity index (χ4n) is 2.39. The summed E-state index contributed by atoms with van der Waals surface area (Å²) < 4.78 is 0. The van der Waals surface area contributed by atoms with E-state index in [9.17, 15) is 4.79 Å². The quantitative estimate of drug-likeness (QED) is 0.809. The third-order valence-corrected chi connectivity index (χ3v) is 3.92. The van der Waals surface area contributed by atoms with Crippen LogP contribution in [0.5, 0.6) is 0 Å². The van der Waals surface area contributed by atoms with Crippen molar-refractivity contribution in [2.24, 2.45) is 11.1 Å². The van der Waals surface area contributed by atoms with Crippen LogP contribution < -0.4 is 11.1 Å². The number of nitrogens with two attached hydrogens (primary N) is 1. The van der Waals surface area contributed by atoms with E-state index in [0.29, 0.717) is 6.54 Å². The maximum absolute atomic E-state index is 12.0. The Labute approximate surface area is 138 Å². The Morgan fingerprint density at radius 2 is 2.05 bits per heavy atom. The number of halogens is 1. The second-order valence-corrected chi connectivity index (χ2v) is 6.70. The second-order valence-electron chi connectivity index (χ2n) is 6.70. The Kier molecular flexibility index (Phi) is 6.03. The van der Waals surface area contributed by atoms with E-state index < -0.39 is 6.04 Å². The number of rotatable bonds is 4. The zero-order valence-electron chi connectivity index (χ0n) is 13.7. The average Bonchev–Trinajstić information content (AvgIpc) is 2.81. The molecule has 0 aliphatic heterocycles. The minimum atomic E-state index is -0.484. The van der Waals surface area contributed by atoms with E-state index in [1.54, 1.807) is 0 Å². The summed E-state index contributed by atoms with van der Waals surface area (Å²) in [5, 5.41) is 4.16. The molecule has 0 radical (unpaired) electrons. The first kappa shape index (κ1) is 18.5. The van der Waals surface area contributed by atoms with Crippen LogP contribution in [0, 0.1) is 12.3 Å². The highest BCUT2D eigenvalue weighted by molar-refractivity contribution is 5.86. The molecule has 0 saturated heterocycles. The third-order valence-electron chi connectivity index (χ3n) is 3.92. The molecule has 2 aromatic rings. The zero-order valence-corrected chi connectivity index (χ0v) is 14.5. The summed E-state index contributed by atoms with van der Waals surface area (Å²) >= 11 is 0.